The fraction of sp³-hybridized carbons (Fsp3) is 0.625. The van der Waals surface area contributed by atoms with E-state index in [2.05, 4.69) is 20.5 Å². The maximum absolute atomic E-state index is 13.1. The first-order chi connectivity index (χ1) is 6.41. The molecule has 78 valence electrons. The molecule has 0 bridgehead atoms. The van der Waals surface area contributed by atoms with Crippen LogP contribution in [-0.2, 0) is 4.79 Å². The highest BCUT2D eigenvalue weighted by molar-refractivity contribution is 5.84. The molecule has 0 saturated carbocycles. The molecule has 0 aromatic carbocycles. The van der Waals surface area contributed by atoms with E-state index in [1.165, 1.54) is 20.2 Å². The summed E-state index contributed by atoms with van der Waals surface area (Å²) in [7, 11) is 0. The molecule has 0 radical (unpaired) electrons. The summed E-state index contributed by atoms with van der Waals surface area (Å²) in [5.41, 5.74) is -1.88. The Morgan fingerprint density at radius 1 is 1.71 bits per heavy atom. The highest BCUT2D eigenvalue weighted by atomic mass is 19.1. The van der Waals surface area contributed by atoms with Gasteiger partial charge < -0.3 is 5.32 Å². The number of H-pyrrole nitrogens is 1. The fourth-order valence-corrected chi connectivity index (χ4v) is 0.860. The van der Waals surface area contributed by atoms with Gasteiger partial charge in [-0.1, -0.05) is 0 Å². The van der Waals surface area contributed by atoms with Crippen LogP contribution in [0.5, 0.6) is 0 Å². The molecule has 0 aliphatic heterocycles. The standard InChI is InChI=1S/C8H13FN4O/c1-5(6-10-4-11-13-6)12-7(14)8(2,3)9/h4-5H,1-3H3,(H,12,14)(H,10,11,13). The van der Waals surface area contributed by atoms with Crippen molar-refractivity contribution in [3.8, 4) is 0 Å². The summed E-state index contributed by atoms with van der Waals surface area (Å²) >= 11 is 0. The molecule has 0 saturated heterocycles. The van der Waals surface area contributed by atoms with Crippen molar-refractivity contribution in [2.75, 3.05) is 0 Å². The Bertz CT molecular complexity index is 304. The normalized spacial score (nSPS) is 13.7. The second-order valence-corrected chi connectivity index (χ2v) is 3.54. The lowest BCUT2D eigenvalue weighted by molar-refractivity contribution is -0.131. The number of carbonyl (C=O) groups excluding carboxylic acids is 1. The Labute approximate surface area is 81.1 Å². The van der Waals surface area contributed by atoms with Crippen LogP contribution in [-0.4, -0.2) is 26.8 Å². The number of hydrogen-bond donors (Lipinski definition) is 2. The Morgan fingerprint density at radius 2 is 2.36 bits per heavy atom. The van der Waals surface area contributed by atoms with Crippen LogP contribution in [0.3, 0.4) is 0 Å². The zero-order chi connectivity index (χ0) is 10.8. The van der Waals surface area contributed by atoms with E-state index in [0.717, 1.165) is 0 Å². The lowest BCUT2D eigenvalue weighted by atomic mass is 10.1. The Morgan fingerprint density at radius 3 is 2.79 bits per heavy atom. The zero-order valence-corrected chi connectivity index (χ0v) is 8.34. The van der Waals surface area contributed by atoms with E-state index in [4.69, 9.17) is 0 Å². The summed E-state index contributed by atoms with van der Waals surface area (Å²) in [6.07, 6.45) is 1.33. The topological polar surface area (TPSA) is 70.7 Å². The smallest absolute Gasteiger partial charge is 0.257 e. The van der Waals surface area contributed by atoms with Crippen LogP contribution in [0.1, 0.15) is 32.6 Å². The van der Waals surface area contributed by atoms with E-state index in [0.29, 0.717) is 5.82 Å². The minimum absolute atomic E-state index is 0.375. The molecule has 5 nitrogen and oxygen atoms in total. The summed E-state index contributed by atoms with van der Waals surface area (Å²) in [5.74, 6) is -0.163. The molecule has 1 heterocycles. The minimum Gasteiger partial charge on any atom is -0.344 e. The van der Waals surface area contributed by atoms with Gasteiger partial charge >= 0.3 is 0 Å². The van der Waals surface area contributed by atoms with E-state index in [1.54, 1.807) is 6.92 Å². The predicted molar refractivity (Wildman–Crippen MR) is 48.1 cm³/mol. The highest BCUT2D eigenvalue weighted by Gasteiger charge is 2.28. The van der Waals surface area contributed by atoms with Gasteiger partial charge in [0.05, 0.1) is 6.04 Å². The number of nitrogens with zero attached hydrogens (tertiary/aromatic N) is 2. The van der Waals surface area contributed by atoms with E-state index in [1.807, 2.05) is 0 Å². The number of hydrogen-bond acceptors (Lipinski definition) is 3. The van der Waals surface area contributed by atoms with Crippen LogP contribution >= 0.6 is 0 Å². The molecule has 14 heavy (non-hydrogen) atoms. The number of aromatic amines is 1. The first-order valence-electron chi connectivity index (χ1n) is 4.26. The van der Waals surface area contributed by atoms with Crippen molar-refractivity contribution in [1.82, 2.24) is 20.5 Å². The van der Waals surface area contributed by atoms with E-state index in [-0.39, 0.29) is 6.04 Å². The second-order valence-electron chi connectivity index (χ2n) is 3.54. The lowest BCUT2D eigenvalue weighted by Crippen LogP contribution is -2.40. The summed E-state index contributed by atoms with van der Waals surface area (Å²) in [6, 6.07) is -0.375. The van der Waals surface area contributed by atoms with Crippen molar-refractivity contribution in [3.63, 3.8) is 0 Å². The number of halogens is 1. The molecular formula is C8H13FN4O. The molecule has 0 spiro atoms. The number of alkyl halides is 1. The lowest BCUT2D eigenvalue weighted by Gasteiger charge is -2.17. The predicted octanol–water partition coefficient (Wildman–Crippen LogP) is 0.730. The van der Waals surface area contributed by atoms with Crippen molar-refractivity contribution in [1.29, 1.82) is 0 Å². The maximum atomic E-state index is 13.1. The molecule has 0 fully saturated rings. The van der Waals surface area contributed by atoms with Crippen LogP contribution in [0.2, 0.25) is 0 Å². The molecule has 1 unspecified atom stereocenters. The fourth-order valence-electron chi connectivity index (χ4n) is 0.860. The maximum Gasteiger partial charge on any atom is 0.257 e. The Hall–Kier alpha value is -1.46. The highest BCUT2D eigenvalue weighted by Crippen LogP contribution is 2.11. The van der Waals surface area contributed by atoms with Crippen molar-refractivity contribution < 1.29 is 9.18 Å². The average Bonchev–Trinajstić information content (AvgIpc) is 2.53. The number of carbonyl (C=O) groups is 1. The number of nitrogens with one attached hydrogen (secondary N) is 2. The van der Waals surface area contributed by atoms with Crippen LogP contribution in [0.4, 0.5) is 4.39 Å². The van der Waals surface area contributed by atoms with E-state index in [9.17, 15) is 9.18 Å². The second kappa shape index (κ2) is 3.73. The number of amides is 1. The molecule has 6 heteroatoms. The van der Waals surface area contributed by atoms with Crippen molar-refractivity contribution in [2.45, 2.75) is 32.5 Å². The van der Waals surface area contributed by atoms with Gasteiger partial charge in [-0.05, 0) is 20.8 Å². The first-order valence-corrected chi connectivity index (χ1v) is 4.26. The molecule has 0 aliphatic carbocycles. The molecule has 1 atom stereocenters. The molecule has 1 aromatic heterocycles. The summed E-state index contributed by atoms with van der Waals surface area (Å²) in [5, 5.41) is 8.70. The summed E-state index contributed by atoms with van der Waals surface area (Å²) < 4.78 is 13.1. The minimum atomic E-state index is -1.88. The average molecular weight is 200 g/mol. The van der Waals surface area contributed by atoms with Crippen LogP contribution in [0.15, 0.2) is 6.33 Å². The van der Waals surface area contributed by atoms with Gasteiger partial charge in [0.2, 0.25) is 0 Å². The van der Waals surface area contributed by atoms with Gasteiger partial charge in [-0.3, -0.25) is 9.89 Å². The SMILES string of the molecule is CC(NC(=O)C(C)(C)F)c1ncn[nH]1. The molecule has 2 N–H and O–H groups in total. The van der Waals surface area contributed by atoms with Gasteiger partial charge in [-0.15, -0.1) is 0 Å². The van der Waals surface area contributed by atoms with Crippen molar-refractivity contribution >= 4 is 5.91 Å². The Balaban J connectivity index is 2.58. The van der Waals surface area contributed by atoms with Gasteiger partial charge in [-0.2, -0.15) is 5.10 Å². The van der Waals surface area contributed by atoms with Crippen LogP contribution in [0, 0.1) is 0 Å². The number of aromatic nitrogens is 3. The van der Waals surface area contributed by atoms with Gasteiger partial charge in [0, 0.05) is 0 Å². The summed E-state index contributed by atoms with van der Waals surface area (Å²) in [4.78, 5) is 15.1. The largest absolute Gasteiger partial charge is 0.344 e. The molecule has 0 aliphatic rings. The van der Waals surface area contributed by atoms with Crippen molar-refractivity contribution in [3.05, 3.63) is 12.2 Å². The van der Waals surface area contributed by atoms with Crippen molar-refractivity contribution in [2.24, 2.45) is 0 Å². The van der Waals surface area contributed by atoms with Gasteiger partial charge in [0.25, 0.3) is 5.91 Å². The summed E-state index contributed by atoms with van der Waals surface area (Å²) in [6.45, 7) is 4.11. The van der Waals surface area contributed by atoms with Gasteiger partial charge in [-0.25, -0.2) is 9.37 Å². The third-order valence-corrected chi connectivity index (χ3v) is 1.73. The quantitative estimate of drug-likeness (QED) is 0.755. The van der Waals surface area contributed by atoms with Gasteiger partial charge in [0.1, 0.15) is 12.2 Å². The van der Waals surface area contributed by atoms with E-state index >= 15 is 0 Å². The van der Waals surface area contributed by atoms with E-state index < -0.39 is 11.6 Å². The molecule has 1 aromatic rings. The molecular weight excluding hydrogens is 187 g/mol. The third kappa shape index (κ3) is 2.51. The number of rotatable bonds is 3. The third-order valence-electron chi connectivity index (χ3n) is 1.73. The van der Waals surface area contributed by atoms with Gasteiger partial charge in [0.15, 0.2) is 5.67 Å². The molecule has 1 rings (SSSR count). The van der Waals surface area contributed by atoms with Crippen LogP contribution < -0.4 is 5.32 Å². The first kappa shape index (κ1) is 10.6. The zero-order valence-electron chi connectivity index (χ0n) is 8.34. The van der Waals surface area contributed by atoms with Crippen LogP contribution in [0.25, 0.3) is 0 Å². The monoisotopic (exact) mass is 200 g/mol. The Kier molecular flexibility index (Phi) is 2.83. The molecule has 1 amide bonds.